The van der Waals surface area contributed by atoms with E-state index >= 15 is 0 Å². The topological polar surface area (TPSA) is 101 Å². The largest absolute Gasteiger partial charge is 0.573 e. The molecule has 0 aliphatic heterocycles. The number of H-pyrrole nitrogens is 1. The Labute approximate surface area is 222 Å². The highest BCUT2D eigenvalue weighted by atomic mass is 19.4. The van der Waals surface area contributed by atoms with Crippen LogP contribution in [0.15, 0.2) is 72.9 Å². The summed E-state index contributed by atoms with van der Waals surface area (Å²) >= 11 is 0. The van der Waals surface area contributed by atoms with Gasteiger partial charge in [0.05, 0.1) is 13.5 Å². The summed E-state index contributed by atoms with van der Waals surface area (Å²) in [6.45, 7) is 2.03. The number of carbonyl (C=O) groups is 2. The number of hydrogen-bond donors (Lipinski definition) is 3. The first-order chi connectivity index (χ1) is 18.6. The van der Waals surface area contributed by atoms with E-state index in [-0.39, 0.29) is 36.5 Å². The van der Waals surface area contributed by atoms with Crippen molar-refractivity contribution in [2.45, 2.75) is 31.5 Å². The first-order valence-electron chi connectivity index (χ1n) is 12.2. The Balaban J connectivity index is 1.70. The Morgan fingerprint density at radius 1 is 0.974 bits per heavy atom. The van der Waals surface area contributed by atoms with Crippen LogP contribution in [0.3, 0.4) is 0 Å². The second-order valence-corrected chi connectivity index (χ2v) is 9.06. The van der Waals surface area contributed by atoms with Gasteiger partial charge in [0.15, 0.2) is 0 Å². The Kier molecular flexibility index (Phi) is 8.13. The Bertz CT molecular complexity index is 1450. The predicted octanol–water partition coefficient (Wildman–Crippen LogP) is 6.22. The van der Waals surface area contributed by atoms with Crippen molar-refractivity contribution in [2.24, 2.45) is 0 Å². The molecule has 1 aromatic heterocycles. The molecular weight excluding hydrogens is 513 g/mol. The maximum atomic E-state index is 12.9. The van der Waals surface area contributed by atoms with Gasteiger partial charge in [-0.1, -0.05) is 31.2 Å². The Morgan fingerprint density at radius 2 is 1.62 bits per heavy atom. The van der Waals surface area contributed by atoms with Crippen LogP contribution in [0.2, 0.25) is 0 Å². The van der Waals surface area contributed by atoms with E-state index < -0.39 is 12.3 Å². The van der Waals surface area contributed by atoms with Gasteiger partial charge in [0, 0.05) is 35.1 Å². The second kappa shape index (κ2) is 11.5. The summed E-state index contributed by atoms with van der Waals surface area (Å²) in [5.74, 6) is -1.46. The molecule has 1 heterocycles. The number of benzene rings is 3. The number of carboxylic acids is 1. The first kappa shape index (κ1) is 27.6. The molecule has 204 valence electrons. The minimum Gasteiger partial charge on any atom is -0.497 e. The molecule has 10 heteroatoms. The fourth-order valence-electron chi connectivity index (χ4n) is 4.64. The summed E-state index contributed by atoms with van der Waals surface area (Å²) < 4.78 is 48.2. The molecule has 7 nitrogen and oxygen atoms in total. The van der Waals surface area contributed by atoms with Crippen LogP contribution in [-0.2, 0) is 4.79 Å². The highest BCUT2D eigenvalue weighted by Gasteiger charge is 2.32. The van der Waals surface area contributed by atoms with Crippen LogP contribution < -0.4 is 14.8 Å². The van der Waals surface area contributed by atoms with Crippen LogP contribution in [-0.4, -0.2) is 42.0 Å². The van der Waals surface area contributed by atoms with Gasteiger partial charge in [-0.2, -0.15) is 0 Å². The van der Waals surface area contributed by atoms with Gasteiger partial charge in [-0.3, -0.25) is 9.59 Å². The van der Waals surface area contributed by atoms with Gasteiger partial charge in [-0.25, -0.2) is 0 Å². The van der Waals surface area contributed by atoms with Gasteiger partial charge in [-0.05, 0) is 65.1 Å². The lowest BCUT2D eigenvalue weighted by atomic mass is 9.78. The maximum Gasteiger partial charge on any atom is 0.573 e. The number of aliphatic carboxylic acids is 1. The van der Waals surface area contributed by atoms with Crippen molar-refractivity contribution >= 4 is 22.8 Å². The number of ether oxygens (including phenoxy) is 2. The molecule has 3 aromatic carbocycles. The van der Waals surface area contributed by atoms with E-state index in [2.05, 4.69) is 15.0 Å². The molecule has 3 N–H and O–H groups in total. The van der Waals surface area contributed by atoms with E-state index in [1.54, 1.807) is 31.5 Å². The van der Waals surface area contributed by atoms with E-state index in [4.69, 9.17) is 9.84 Å². The van der Waals surface area contributed by atoms with Crippen LogP contribution in [0.5, 0.6) is 11.5 Å². The summed E-state index contributed by atoms with van der Waals surface area (Å²) in [4.78, 5) is 26.2. The number of halogens is 3. The van der Waals surface area contributed by atoms with Crippen molar-refractivity contribution in [1.82, 2.24) is 10.3 Å². The molecule has 2 atom stereocenters. The van der Waals surface area contributed by atoms with E-state index in [1.807, 2.05) is 43.3 Å². The second-order valence-electron chi connectivity index (χ2n) is 9.06. The van der Waals surface area contributed by atoms with Gasteiger partial charge < -0.3 is 24.9 Å². The van der Waals surface area contributed by atoms with Gasteiger partial charge in [0.2, 0.25) is 0 Å². The summed E-state index contributed by atoms with van der Waals surface area (Å²) in [6.07, 6.45) is -3.20. The highest BCUT2D eigenvalue weighted by Crippen LogP contribution is 2.42. The minimum atomic E-state index is -4.81. The minimum absolute atomic E-state index is 0.0203. The highest BCUT2D eigenvalue weighted by molar-refractivity contribution is 5.94. The molecule has 1 amide bonds. The molecule has 0 aliphatic carbocycles. The number of amides is 1. The number of hydrogen-bond acceptors (Lipinski definition) is 4. The molecule has 0 fully saturated rings. The average molecular weight is 541 g/mol. The Hall–Kier alpha value is -4.47. The zero-order valence-corrected chi connectivity index (χ0v) is 21.2. The van der Waals surface area contributed by atoms with Crippen LogP contribution in [0, 0.1) is 0 Å². The number of aromatic nitrogens is 1. The first-order valence-corrected chi connectivity index (χ1v) is 12.2. The van der Waals surface area contributed by atoms with Gasteiger partial charge in [0.1, 0.15) is 11.5 Å². The monoisotopic (exact) mass is 540 g/mol. The molecule has 0 radical (unpaired) electrons. The molecule has 0 bridgehead atoms. The van der Waals surface area contributed by atoms with E-state index in [9.17, 15) is 22.8 Å². The molecule has 0 spiro atoms. The van der Waals surface area contributed by atoms with Crippen molar-refractivity contribution < 1.29 is 37.3 Å². The molecule has 4 rings (SSSR count). The molecule has 0 aliphatic rings. The molecule has 0 saturated carbocycles. The zero-order valence-electron chi connectivity index (χ0n) is 21.2. The number of carboxylic acid groups (broad SMARTS) is 1. The summed E-state index contributed by atoms with van der Waals surface area (Å²) in [5, 5.41) is 11.9. The third-order valence-electron chi connectivity index (χ3n) is 6.55. The number of nitrogens with one attached hydrogen (secondary N) is 2. The van der Waals surface area contributed by atoms with E-state index in [0.29, 0.717) is 22.2 Å². The lowest BCUT2D eigenvalue weighted by Crippen LogP contribution is -2.26. The summed E-state index contributed by atoms with van der Waals surface area (Å²) in [6, 6.07) is 18.6. The predicted molar refractivity (Wildman–Crippen MR) is 139 cm³/mol. The third-order valence-corrected chi connectivity index (χ3v) is 6.55. The van der Waals surface area contributed by atoms with Crippen molar-refractivity contribution in [3.05, 3.63) is 95.2 Å². The van der Waals surface area contributed by atoms with Crippen molar-refractivity contribution in [3.63, 3.8) is 0 Å². The van der Waals surface area contributed by atoms with Crippen LogP contribution in [0.1, 0.15) is 52.2 Å². The van der Waals surface area contributed by atoms with Gasteiger partial charge >= 0.3 is 12.3 Å². The molecule has 4 aromatic rings. The van der Waals surface area contributed by atoms with E-state index in [1.165, 1.54) is 12.1 Å². The fourth-order valence-corrected chi connectivity index (χ4v) is 4.64. The standard InChI is InChI=1S/C29H27F3N2O5/c1-17(18-3-5-20(6-4-18)28(37)33-14-13-26(35)36)27(19-7-9-21(38-2)10-8-19)24-16-34-25-12-11-22(15-23(24)25)39-29(30,31)32/h3-12,15-17,27,34H,13-14H2,1-2H3,(H,33,37)(H,35,36). The Morgan fingerprint density at radius 3 is 2.23 bits per heavy atom. The van der Waals surface area contributed by atoms with Crippen molar-refractivity contribution in [3.8, 4) is 11.5 Å². The van der Waals surface area contributed by atoms with Gasteiger partial charge in [0.25, 0.3) is 5.91 Å². The van der Waals surface area contributed by atoms with Crippen molar-refractivity contribution in [1.29, 1.82) is 0 Å². The van der Waals surface area contributed by atoms with Gasteiger partial charge in [-0.15, -0.1) is 13.2 Å². The summed E-state index contributed by atoms with van der Waals surface area (Å²) in [5.41, 5.74) is 3.65. The lowest BCUT2D eigenvalue weighted by molar-refractivity contribution is -0.274. The molecule has 39 heavy (non-hydrogen) atoms. The number of fused-ring (bicyclic) bond motifs is 1. The number of alkyl halides is 3. The third kappa shape index (κ3) is 6.70. The molecular formula is C29H27F3N2O5. The van der Waals surface area contributed by atoms with Crippen LogP contribution in [0.25, 0.3) is 10.9 Å². The van der Waals surface area contributed by atoms with Crippen LogP contribution >= 0.6 is 0 Å². The number of aromatic amines is 1. The van der Waals surface area contributed by atoms with E-state index in [0.717, 1.165) is 16.7 Å². The SMILES string of the molecule is COc1ccc(C(c2c[nH]c3ccc(OC(F)(F)F)cc23)C(C)c2ccc(C(=O)NCCC(=O)O)cc2)cc1. The average Bonchev–Trinajstić information content (AvgIpc) is 3.31. The van der Waals surface area contributed by atoms with Crippen molar-refractivity contribution in [2.75, 3.05) is 13.7 Å². The van der Waals surface area contributed by atoms with Crippen LogP contribution in [0.4, 0.5) is 13.2 Å². The number of rotatable bonds is 10. The maximum absolute atomic E-state index is 12.9. The smallest absolute Gasteiger partial charge is 0.497 e. The number of methoxy groups -OCH3 is 1. The fraction of sp³-hybridized carbons (Fsp3) is 0.241. The molecule has 2 unspecified atom stereocenters. The lowest BCUT2D eigenvalue weighted by Gasteiger charge is -2.25. The zero-order chi connectivity index (χ0) is 28.2. The molecule has 0 saturated heterocycles. The quantitative estimate of drug-likeness (QED) is 0.222. The normalized spacial score (nSPS) is 13.1. The summed E-state index contributed by atoms with van der Waals surface area (Å²) in [7, 11) is 1.57. The number of carbonyl (C=O) groups excluding carboxylic acids is 1.